The lowest BCUT2D eigenvalue weighted by atomic mass is 9.73. The van der Waals surface area contributed by atoms with E-state index in [1.807, 2.05) is 31.2 Å². The summed E-state index contributed by atoms with van der Waals surface area (Å²) >= 11 is 7.85. The van der Waals surface area contributed by atoms with Gasteiger partial charge in [-0.3, -0.25) is 9.59 Å². The van der Waals surface area contributed by atoms with Crippen LogP contribution in [-0.4, -0.2) is 23.5 Å². The topological polar surface area (TPSA) is 90.2 Å². The van der Waals surface area contributed by atoms with Crippen LogP contribution in [0.4, 0.5) is 0 Å². The minimum atomic E-state index is -0.932. The van der Waals surface area contributed by atoms with Crippen molar-refractivity contribution in [2.24, 2.45) is 17.8 Å². The first kappa shape index (κ1) is 31.3. The highest BCUT2D eigenvalue weighted by molar-refractivity contribution is 8.02. The second-order valence-corrected chi connectivity index (χ2v) is 11.5. The molecule has 0 aromatic heterocycles. The summed E-state index contributed by atoms with van der Waals surface area (Å²) in [5, 5.41) is 23.9. The number of hydrogen-bond acceptors (Lipinski definition) is 4. The van der Waals surface area contributed by atoms with Gasteiger partial charge in [-0.05, 0) is 84.3 Å². The van der Waals surface area contributed by atoms with Crippen molar-refractivity contribution < 1.29 is 14.7 Å². The number of nitriles is 1. The fraction of sp³-hybridized carbons (Fsp3) is 0.364. The van der Waals surface area contributed by atoms with Crippen molar-refractivity contribution in [3.8, 4) is 6.07 Å². The lowest BCUT2D eigenvalue weighted by molar-refractivity contribution is -0.137. The molecule has 5 nitrogen and oxygen atoms in total. The zero-order valence-corrected chi connectivity index (χ0v) is 24.7. The number of nitrogens with one attached hydrogen (secondary N) is 1. The Morgan fingerprint density at radius 3 is 2.65 bits per heavy atom. The lowest BCUT2D eigenvalue weighted by Crippen LogP contribution is -2.32. The number of aryl methyl sites for hydroxylation is 1. The Bertz CT molecular complexity index is 1320. The number of benzene rings is 1. The van der Waals surface area contributed by atoms with Gasteiger partial charge in [0.15, 0.2) is 0 Å². The van der Waals surface area contributed by atoms with Crippen molar-refractivity contribution >= 4 is 35.2 Å². The molecule has 0 saturated heterocycles. The Labute approximate surface area is 247 Å². The average molecular weight is 577 g/mol. The van der Waals surface area contributed by atoms with Gasteiger partial charge in [0, 0.05) is 16.5 Å². The van der Waals surface area contributed by atoms with E-state index in [0.717, 1.165) is 46.7 Å². The summed E-state index contributed by atoms with van der Waals surface area (Å²) in [6.07, 6.45) is 18.4. The minimum Gasteiger partial charge on any atom is -0.481 e. The highest BCUT2D eigenvalue weighted by Crippen LogP contribution is 2.40. The molecule has 1 amide bonds. The lowest BCUT2D eigenvalue weighted by Gasteiger charge is -2.32. The first-order valence-electron chi connectivity index (χ1n) is 13.7. The quantitative estimate of drug-likeness (QED) is 0.234. The molecule has 2 N–H and O–H groups in total. The van der Waals surface area contributed by atoms with Crippen LogP contribution >= 0.6 is 23.4 Å². The molecule has 2 aliphatic rings. The SMILES string of the molecule is C=CSc1c(C#N)cc(C)cc1CC(C1=CCC=C(Cl)C=C1)C(CCC)C1=CCC(C(=O)NCCC(=O)O)C=C1. The number of hydrogen-bond donors (Lipinski definition) is 2. The van der Waals surface area contributed by atoms with Crippen LogP contribution in [-0.2, 0) is 16.0 Å². The molecule has 7 heteroatoms. The fourth-order valence-corrected chi connectivity index (χ4v) is 6.21. The van der Waals surface area contributed by atoms with E-state index in [0.29, 0.717) is 12.0 Å². The molecule has 0 radical (unpaired) electrons. The molecule has 0 aliphatic heterocycles. The van der Waals surface area contributed by atoms with E-state index in [1.54, 1.807) is 5.41 Å². The second kappa shape index (κ2) is 15.5. The van der Waals surface area contributed by atoms with Crippen LogP contribution in [0.15, 0.2) is 87.7 Å². The third-order valence-electron chi connectivity index (χ3n) is 7.22. The number of carboxylic acids is 1. The highest BCUT2D eigenvalue weighted by atomic mass is 35.5. The van der Waals surface area contributed by atoms with Crippen molar-refractivity contribution in [1.82, 2.24) is 5.32 Å². The number of carbonyl (C=O) groups excluding carboxylic acids is 1. The maximum absolute atomic E-state index is 12.6. The van der Waals surface area contributed by atoms with Gasteiger partial charge in [0.25, 0.3) is 0 Å². The minimum absolute atomic E-state index is 0.0936. The number of halogens is 1. The molecule has 0 saturated carbocycles. The van der Waals surface area contributed by atoms with Gasteiger partial charge in [0.1, 0.15) is 6.07 Å². The zero-order valence-electron chi connectivity index (χ0n) is 23.2. The Balaban J connectivity index is 1.97. The Morgan fingerprint density at radius 2 is 2.00 bits per heavy atom. The van der Waals surface area contributed by atoms with Crippen molar-refractivity contribution in [3.63, 3.8) is 0 Å². The smallest absolute Gasteiger partial charge is 0.305 e. The summed E-state index contributed by atoms with van der Waals surface area (Å²) in [5.41, 5.74) is 5.25. The number of thioether (sulfide) groups is 1. The predicted molar refractivity (Wildman–Crippen MR) is 164 cm³/mol. The largest absolute Gasteiger partial charge is 0.481 e. The molecular formula is C33H37ClN2O3S. The number of carboxylic acid groups (broad SMARTS) is 1. The van der Waals surface area contributed by atoms with Gasteiger partial charge >= 0.3 is 5.97 Å². The molecule has 0 bridgehead atoms. The van der Waals surface area contributed by atoms with Gasteiger partial charge in [-0.25, -0.2) is 0 Å². The van der Waals surface area contributed by atoms with Gasteiger partial charge < -0.3 is 10.4 Å². The summed E-state index contributed by atoms with van der Waals surface area (Å²) < 4.78 is 0. The molecular weight excluding hydrogens is 540 g/mol. The molecule has 2 aliphatic carbocycles. The number of aliphatic carboxylic acids is 1. The van der Waals surface area contributed by atoms with E-state index < -0.39 is 5.97 Å². The molecule has 40 heavy (non-hydrogen) atoms. The Hall–Kier alpha value is -3.27. The predicted octanol–water partition coefficient (Wildman–Crippen LogP) is 7.78. The van der Waals surface area contributed by atoms with Crippen LogP contribution < -0.4 is 5.32 Å². The third kappa shape index (κ3) is 8.61. The Kier molecular flexibility index (Phi) is 12.1. The van der Waals surface area contributed by atoms with Crippen molar-refractivity contribution in [1.29, 1.82) is 5.26 Å². The summed E-state index contributed by atoms with van der Waals surface area (Å²) in [5.74, 6) is -1.08. The summed E-state index contributed by atoms with van der Waals surface area (Å²) in [6.45, 7) is 8.23. The number of amides is 1. The van der Waals surface area contributed by atoms with E-state index >= 15 is 0 Å². The van der Waals surface area contributed by atoms with Gasteiger partial charge in [0.2, 0.25) is 5.91 Å². The number of allylic oxidation sites excluding steroid dienone is 9. The van der Waals surface area contributed by atoms with Gasteiger partial charge in [0.05, 0.1) is 17.9 Å². The number of nitrogens with zero attached hydrogens (tertiary/aromatic N) is 1. The average Bonchev–Trinajstić information content (AvgIpc) is 3.15. The van der Waals surface area contributed by atoms with E-state index in [9.17, 15) is 14.9 Å². The maximum Gasteiger partial charge on any atom is 0.305 e. The van der Waals surface area contributed by atoms with Crippen molar-refractivity contribution in [2.45, 2.75) is 57.3 Å². The molecule has 3 atom stereocenters. The molecule has 1 aromatic carbocycles. The van der Waals surface area contributed by atoms with Crippen LogP contribution in [0.25, 0.3) is 0 Å². The first-order chi connectivity index (χ1) is 19.3. The van der Waals surface area contributed by atoms with Crippen molar-refractivity contribution in [2.75, 3.05) is 6.54 Å². The van der Waals surface area contributed by atoms with Crippen LogP contribution in [0.1, 0.15) is 55.7 Å². The van der Waals surface area contributed by atoms with Gasteiger partial charge in [-0.1, -0.05) is 85.8 Å². The van der Waals surface area contributed by atoms with E-state index in [1.165, 1.54) is 22.9 Å². The van der Waals surface area contributed by atoms with Crippen LogP contribution in [0.2, 0.25) is 0 Å². The normalized spacial score (nSPS) is 17.9. The molecule has 0 spiro atoms. The second-order valence-electron chi connectivity index (χ2n) is 10.1. The summed E-state index contributed by atoms with van der Waals surface area (Å²) in [6, 6.07) is 6.47. The van der Waals surface area contributed by atoms with Crippen molar-refractivity contribution in [3.05, 3.63) is 99.5 Å². The van der Waals surface area contributed by atoms with Gasteiger partial charge in [-0.2, -0.15) is 5.26 Å². The van der Waals surface area contributed by atoms with Gasteiger partial charge in [-0.15, -0.1) is 0 Å². The monoisotopic (exact) mass is 576 g/mol. The fourth-order valence-electron chi connectivity index (χ4n) is 5.37. The number of carbonyl (C=O) groups is 2. The van der Waals surface area contributed by atoms with Crippen LogP contribution in [0.5, 0.6) is 0 Å². The third-order valence-corrected chi connectivity index (χ3v) is 8.38. The maximum atomic E-state index is 12.6. The van der Waals surface area contributed by atoms with E-state index in [4.69, 9.17) is 16.7 Å². The highest BCUT2D eigenvalue weighted by Gasteiger charge is 2.29. The zero-order chi connectivity index (χ0) is 29.1. The molecule has 0 fully saturated rings. The Morgan fingerprint density at radius 1 is 1.23 bits per heavy atom. The standard InChI is InChI=1S/C33H37ClN2O3S/c1-4-7-29(24-10-12-25(13-11-24)33(39)36-17-16-31(37)38)30(23-8-6-9-28(34)15-14-23)20-26-18-22(3)19-27(21-35)32(26)40-5-2/h5,8-12,14-15,18-19,25,29-30H,2,4,6-7,13,16-17,20H2,1,3H3,(H,36,39)(H,37,38). The molecule has 3 rings (SSSR count). The molecule has 1 aromatic rings. The summed E-state index contributed by atoms with van der Waals surface area (Å²) in [7, 11) is 0. The van der Waals surface area contributed by atoms with Crippen LogP contribution in [0.3, 0.4) is 0 Å². The van der Waals surface area contributed by atoms with Crippen LogP contribution in [0, 0.1) is 36.0 Å². The van der Waals surface area contributed by atoms with E-state index in [-0.39, 0.29) is 36.6 Å². The number of rotatable bonds is 13. The van der Waals surface area contributed by atoms with E-state index in [2.05, 4.69) is 55.3 Å². The molecule has 3 unspecified atom stereocenters. The summed E-state index contributed by atoms with van der Waals surface area (Å²) in [4.78, 5) is 24.4. The molecule has 0 heterocycles. The molecule has 210 valence electrons. The first-order valence-corrected chi connectivity index (χ1v) is 15.0.